The molecule has 1 aliphatic heterocycles. The summed E-state index contributed by atoms with van der Waals surface area (Å²) in [5.74, 6) is 0. The molecule has 0 saturated heterocycles. The van der Waals surface area contributed by atoms with Gasteiger partial charge in [-0.3, -0.25) is 0 Å². The molecule has 0 saturated carbocycles. The molecule has 0 amide bonds. The van der Waals surface area contributed by atoms with E-state index >= 15 is 13.2 Å². The van der Waals surface area contributed by atoms with Crippen molar-refractivity contribution >= 4 is 29.8 Å². The van der Waals surface area contributed by atoms with Crippen molar-refractivity contribution in [3.63, 3.8) is 0 Å². The number of aryl methyl sites for hydroxylation is 2. The summed E-state index contributed by atoms with van der Waals surface area (Å²) >= 11 is -4.90. The van der Waals surface area contributed by atoms with E-state index < -0.39 is 42.7 Å². The number of benzene rings is 4. The average molecular weight is 622 g/mol. The third kappa shape index (κ3) is 4.07. The number of hydrogen-bond donors (Lipinski definition) is 0. The average Bonchev–Trinajstić information content (AvgIpc) is 3.17. The van der Waals surface area contributed by atoms with Crippen LogP contribution in [-0.2, 0) is 14.8 Å². The topological polar surface area (TPSA) is 9.23 Å². The first-order chi connectivity index (χ1) is 17.4. The summed E-state index contributed by atoms with van der Waals surface area (Å²) in [5, 5.41) is 0. The summed E-state index contributed by atoms with van der Waals surface area (Å²) < 4.78 is 94.0. The second kappa shape index (κ2) is 8.92. The van der Waals surface area contributed by atoms with E-state index in [4.69, 9.17) is 3.02 Å². The molecule has 0 N–H and O–H groups in total. The maximum atomic E-state index is 15.3. The zero-order chi connectivity index (χ0) is 26.6. The molecule has 0 aliphatic carbocycles. The van der Waals surface area contributed by atoms with E-state index in [-0.39, 0.29) is 11.1 Å². The molecule has 2 unspecified atom stereocenters. The summed E-state index contributed by atoms with van der Waals surface area (Å²) in [6.45, 7) is 3.69. The van der Waals surface area contributed by atoms with Crippen LogP contribution in [0.5, 0.6) is 0 Å². The van der Waals surface area contributed by atoms with Crippen LogP contribution in [0.15, 0.2) is 97.1 Å². The van der Waals surface area contributed by atoms with Gasteiger partial charge >= 0.3 is 216 Å². The van der Waals surface area contributed by atoms with Crippen molar-refractivity contribution in [2.75, 3.05) is 0 Å². The molecule has 191 valence electrons. The Morgan fingerprint density at radius 3 is 1.78 bits per heavy atom. The van der Waals surface area contributed by atoms with E-state index in [1.807, 2.05) is 32.0 Å². The SMILES string of the molecule is Cc1cc(C)c[c]([Sb]2([c]3ccc(C(F)(F)F)cc3)[O]C(c3ccccc3)(C(F)(F)F)c3cccc[c]32)c1. The summed E-state index contributed by atoms with van der Waals surface area (Å²) in [5.41, 5.74) is -2.05. The van der Waals surface area contributed by atoms with Gasteiger partial charge in [-0.15, -0.1) is 0 Å². The van der Waals surface area contributed by atoms with E-state index in [0.29, 0.717) is 10.5 Å². The predicted molar refractivity (Wildman–Crippen MR) is 133 cm³/mol. The van der Waals surface area contributed by atoms with E-state index in [1.54, 1.807) is 24.3 Å². The standard InChI is InChI=1S/C14H9F3O.C8H9.C7H4F3.Sb/c15-14(16,17)13(18,11-7-3-1-4-8-11)12-9-5-2-6-10-12;1-7-4-3-5-8(2)6-7;8-7(9,10)6-4-2-1-3-5-6;/h1-9H;4-6H,1-2H3;2-5H;/q-1;;;+1. The molecule has 0 aromatic heterocycles. The molecule has 0 fully saturated rings. The molecule has 1 heterocycles. The molecule has 1 aliphatic rings. The summed E-state index contributed by atoms with van der Waals surface area (Å²) in [4.78, 5) is 0. The van der Waals surface area contributed by atoms with Gasteiger partial charge in [-0.05, 0) is 0 Å². The van der Waals surface area contributed by atoms with Gasteiger partial charge in [0.25, 0.3) is 0 Å². The van der Waals surface area contributed by atoms with Gasteiger partial charge in [-0.25, -0.2) is 0 Å². The first kappa shape index (κ1) is 25.9. The van der Waals surface area contributed by atoms with Crippen LogP contribution in [0.25, 0.3) is 0 Å². The summed E-state index contributed by atoms with van der Waals surface area (Å²) in [6.07, 6.45) is -9.42. The van der Waals surface area contributed by atoms with Gasteiger partial charge < -0.3 is 0 Å². The predicted octanol–water partition coefficient (Wildman–Crippen LogP) is 6.13. The quantitative estimate of drug-likeness (QED) is 0.198. The van der Waals surface area contributed by atoms with Crippen molar-refractivity contribution in [3.8, 4) is 0 Å². The van der Waals surface area contributed by atoms with Crippen LogP contribution in [0.4, 0.5) is 26.3 Å². The molecular weight excluding hydrogens is 600 g/mol. The molecule has 37 heavy (non-hydrogen) atoms. The van der Waals surface area contributed by atoms with Gasteiger partial charge in [-0.1, -0.05) is 0 Å². The zero-order valence-electron chi connectivity index (χ0n) is 19.9. The Balaban J connectivity index is 1.90. The Hall–Kier alpha value is -2.76. The molecule has 0 bridgehead atoms. The number of fused-ring (bicyclic) bond motifs is 1. The number of alkyl halides is 6. The Kier molecular flexibility index (Phi) is 6.24. The molecule has 1 radical (unpaired) electrons. The van der Waals surface area contributed by atoms with E-state index in [9.17, 15) is 13.2 Å². The van der Waals surface area contributed by atoms with Gasteiger partial charge in [0, 0.05) is 0 Å². The normalized spacial score (nSPS) is 21.6. The fourth-order valence-electron chi connectivity index (χ4n) is 5.12. The van der Waals surface area contributed by atoms with Crippen LogP contribution in [0.1, 0.15) is 27.8 Å². The minimum atomic E-state index is -4.90. The van der Waals surface area contributed by atoms with E-state index in [1.165, 1.54) is 42.5 Å². The third-order valence-corrected chi connectivity index (χ3v) is 17.0. The monoisotopic (exact) mass is 621 g/mol. The Morgan fingerprint density at radius 1 is 0.649 bits per heavy atom. The van der Waals surface area contributed by atoms with Gasteiger partial charge in [-0.2, -0.15) is 0 Å². The van der Waals surface area contributed by atoms with Crippen molar-refractivity contribution in [3.05, 3.63) is 125 Å². The van der Waals surface area contributed by atoms with Crippen LogP contribution in [0.3, 0.4) is 0 Å². The molecule has 0 spiro atoms. The van der Waals surface area contributed by atoms with Gasteiger partial charge in [0.15, 0.2) is 0 Å². The molecule has 2 atom stereocenters. The number of hydrogen-bond acceptors (Lipinski definition) is 1. The van der Waals surface area contributed by atoms with E-state index in [0.717, 1.165) is 23.3 Å². The van der Waals surface area contributed by atoms with Crippen LogP contribution >= 0.6 is 0 Å². The molecule has 4 aromatic carbocycles. The fraction of sp³-hybridized carbons (Fsp3) is 0.172. The first-order valence-electron chi connectivity index (χ1n) is 11.5. The van der Waals surface area contributed by atoms with Crippen molar-refractivity contribution in [2.45, 2.75) is 31.8 Å². The van der Waals surface area contributed by atoms with Crippen LogP contribution in [0, 0.1) is 13.8 Å². The minimum absolute atomic E-state index is 0.0150. The third-order valence-electron chi connectivity index (χ3n) is 6.60. The summed E-state index contributed by atoms with van der Waals surface area (Å²) in [6, 6.07) is 23.7. The maximum absolute atomic E-state index is 15.3. The Bertz CT molecular complexity index is 1430. The van der Waals surface area contributed by atoms with Crippen molar-refractivity contribution in [2.24, 2.45) is 0 Å². The van der Waals surface area contributed by atoms with E-state index in [2.05, 4.69) is 0 Å². The fourth-order valence-corrected chi connectivity index (χ4v) is 16.8. The van der Waals surface area contributed by atoms with Crippen molar-refractivity contribution in [1.29, 1.82) is 0 Å². The summed E-state index contributed by atoms with van der Waals surface area (Å²) in [7, 11) is 0. The number of rotatable bonds is 3. The molecule has 4 aromatic rings. The molecule has 5 rings (SSSR count). The zero-order valence-corrected chi connectivity index (χ0v) is 22.4. The number of halogens is 6. The molecule has 1 nitrogen and oxygen atoms in total. The van der Waals surface area contributed by atoms with Gasteiger partial charge in [0.1, 0.15) is 0 Å². The van der Waals surface area contributed by atoms with Crippen molar-refractivity contribution < 1.29 is 29.4 Å². The second-order valence-electron chi connectivity index (χ2n) is 9.15. The molecular formula is C29H22F6OSb. The second-order valence-corrected chi connectivity index (χ2v) is 17.5. The van der Waals surface area contributed by atoms with Gasteiger partial charge in [0.05, 0.1) is 0 Å². The van der Waals surface area contributed by atoms with Gasteiger partial charge in [0.2, 0.25) is 0 Å². The first-order valence-corrected chi connectivity index (χ1v) is 16.4. The molecule has 8 heteroatoms. The van der Waals surface area contributed by atoms with Crippen molar-refractivity contribution in [1.82, 2.24) is 0 Å². The Labute approximate surface area is 215 Å². The van der Waals surface area contributed by atoms with Crippen LogP contribution < -0.4 is 10.5 Å². The van der Waals surface area contributed by atoms with Crippen LogP contribution in [-0.4, -0.2) is 25.4 Å². The Morgan fingerprint density at radius 2 is 1.22 bits per heavy atom. The van der Waals surface area contributed by atoms with Crippen LogP contribution in [0.2, 0.25) is 0 Å².